The number of hydrogen-bond acceptors (Lipinski definition) is 5. The van der Waals surface area contributed by atoms with Gasteiger partial charge in [-0.2, -0.15) is 0 Å². The summed E-state index contributed by atoms with van der Waals surface area (Å²) in [5.41, 5.74) is 0. The highest BCUT2D eigenvalue weighted by Gasteiger charge is 2.31. The number of carbonyl (C=O) groups is 3. The van der Waals surface area contributed by atoms with Gasteiger partial charge in [-0.15, -0.1) is 0 Å². The molecular formula is C25H26O6. The molecule has 0 heterocycles. The molecule has 0 bridgehead atoms. The van der Waals surface area contributed by atoms with Gasteiger partial charge in [0.1, 0.15) is 11.5 Å². The summed E-state index contributed by atoms with van der Waals surface area (Å²) in [7, 11) is 0. The first-order valence-electron chi connectivity index (χ1n) is 10.4. The number of para-hydroxylation sites is 2. The maximum Gasteiger partial charge on any atom is 0.314 e. The Bertz CT molecular complexity index is 906. The number of aliphatic carboxylic acids is 1. The largest absolute Gasteiger partial charge is 0.481 e. The molecule has 0 aromatic heterocycles. The molecule has 0 aliphatic heterocycles. The van der Waals surface area contributed by atoms with Gasteiger partial charge in [0.15, 0.2) is 0 Å². The summed E-state index contributed by atoms with van der Waals surface area (Å²) in [6, 6.07) is 17.5. The van der Waals surface area contributed by atoms with Crippen LogP contribution in [-0.4, -0.2) is 23.0 Å². The van der Waals surface area contributed by atoms with Gasteiger partial charge < -0.3 is 14.6 Å². The van der Waals surface area contributed by atoms with Crippen molar-refractivity contribution in [2.75, 3.05) is 0 Å². The van der Waals surface area contributed by atoms with E-state index in [1.807, 2.05) is 12.1 Å². The van der Waals surface area contributed by atoms with Crippen molar-refractivity contribution < 1.29 is 29.0 Å². The van der Waals surface area contributed by atoms with Crippen LogP contribution in [0.3, 0.4) is 0 Å². The lowest BCUT2D eigenvalue weighted by Crippen LogP contribution is -2.29. The normalized spacial score (nSPS) is 21.6. The molecule has 0 saturated heterocycles. The molecule has 3 unspecified atom stereocenters. The fraction of sp³-hybridized carbons (Fsp3) is 0.320. The Morgan fingerprint density at radius 1 is 0.677 bits per heavy atom. The first kappa shape index (κ1) is 22.3. The van der Waals surface area contributed by atoms with Crippen LogP contribution in [0.4, 0.5) is 0 Å². The molecule has 2 aromatic rings. The average molecular weight is 422 g/mol. The number of hydrogen-bond donors (Lipinski definition) is 1. The van der Waals surface area contributed by atoms with Crippen molar-refractivity contribution in [2.24, 2.45) is 17.8 Å². The fourth-order valence-corrected chi connectivity index (χ4v) is 3.61. The van der Waals surface area contributed by atoms with Crippen molar-refractivity contribution in [1.82, 2.24) is 0 Å². The van der Waals surface area contributed by atoms with Gasteiger partial charge in [0.25, 0.3) is 0 Å². The molecule has 6 heteroatoms. The molecule has 6 nitrogen and oxygen atoms in total. The Labute approximate surface area is 181 Å². The minimum Gasteiger partial charge on any atom is -0.481 e. The molecular weight excluding hydrogens is 396 g/mol. The van der Waals surface area contributed by atoms with E-state index in [4.69, 9.17) is 9.47 Å². The summed E-state index contributed by atoms with van der Waals surface area (Å²) in [6.07, 6.45) is 5.21. The molecule has 0 fully saturated rings. The second-order valence-corrected chi connectivity index (χ2v) is 7.65. The highest BCUT2D eigenvalue weighted by Crippen LogP contribution is 2.29. The molecule has 3 rings (SSSR count). The van der Waals surface area contributed by atoms with Crippen LogP contribution < -0.4 is 9.47 Å². The summed E-state index contributed by atoms with van der Waals surface area (Å²) in [4.78, 5) is 37.3. The van der Waals surface area contributed by atoms with Gasteiger partial charge in [0, 0.05) is 0 Å². The summed E-state index contributed by atoms with van der Waals surface area (Å²) in [5, 5.41) is 9.46. The highest BCUT2D eigenvalue weighted by atomic mass is 16.5. The summed E-state index contributed by atoms with van der Waals surface area (Å²) in [6.45, 7) is 0. The molecule has 1 aliphatic rings. The number of ether oxygens (including phenoxy) is 2. The van der Waals surface area contributed by atoms with Crippen LogP contribution in [0.15, 0.2) is 72.8 Å². The van der Waals surface area contributed by atoms with Gasteiger partial charge in [0.05, 0.1) is 17.8 Å². The van der Waals surface area contributed by atoms with Crippen molar-refractivity contribution in [3.05, 3.63) is 72.8 Å². The van der Waals surface area contributed by atoms with Crippen molar-refractivity contribution in [3.8, 4) is 11.5 Å². The SMILES string of the molecule is O=C(O)C1CC=CCC(C(=O)Oc2ccccc2)CC(C(=O)Oc2ccccc2)CC1. The van der Waals surface area contributed by atoms with Crippen LogP contribution in [0.1, 0.15) is 32.1 Å². The summed E-state index contributed by atoms with van der Waals surface area (Å²) >= 11 is 0. The van der Waals surface area contributed by atoms with Crippen LogP contribution in [0.25, 0.3) is 0 Å². The van der Waals surface area contributed by atoms with Crippen LogP contribution in [-0.2, 0) is 14.4 Å². The Morgan fingerprint density at radius 3 is 1.65 bits per heavy atom. The second-order valence-electron chi connectivity index (χ2n) is 7.65. The molecule has 31 heavy (non-hydrogen) atoms. The molecule has 1 N–H and O–H groups in total. The summed E-state index contributed by atoms with van der Waals surface area (Å²) in [5.74, 6) is -2.61. The van der Waals surface area contributed by atoms with Gasteiger partial charge >= 0.3 is 17.9 Å². The zero-order chi connectivity index (χ0) is 22.1. The first-order valence-corrected chi connectivity index (χ1v) is 10.4. The molecule has 2 aromatic carbocycles. The molecule has 0 spiro atoms. The standard InChI is InChI=1S/C25H26O6/c26-23(27)18-9-7-8-10-19(24(28)30-21-11-3-1-4-12-21)17-20(16-15-18)25(29)31-22-13-5-2-6-14-22/h1-8,11-14,18-20H,9-10,15-17H2,(H,26,27). The maximum absolute atomic E-state index is 12.9. The maximum atomic E-state index is 12.9. The van der Waals surface area contributed by atoms with Crippen LogP contribution in [0.2, 0.25) is 0 Å². The highest BCUT2D eigenvalue weighted by molar-refractivity contribution is 5.79. The lowest BCUT2D eigenvalue weighted by atomic mass is 9.84. The predicted molar refractivity (Wildman–Crippen MR) is 114 cm³/mol. The third kappa shape index (κ3) is 6.81. The van der Waals surface area contributed by atoms with Gasteiger partial charge in [0.2, 0.25) is 0 Å². The lowest BCUT2D eigenvalue weighted by molar-refractivity contribution is -0.145. The van der Waals surface area contributed by atoms with E-state index in [0.717, 1.165) is 0 Å². The Morgan fingerprint density at radius 2 is 1.13 bits per heavy atom. The third-order valence-corrected chi connectivity index (χ3v) is 5.38. The third-order valence-electron chi connectivity index (χ3n) is 5.38. The topological polar surface area (TPSA) is 89.9 Å². The lowest BCUT2D eigenvalue weighted by Gasteiger charge is -2.23. The molecule has 162 valence electrons. The fourth-order valence-electron chi connectivity index (χ4n) is 3.61. The molecule has 0 radical (unpaired) electrons. The van der Waals surface area contributed by atoms with Gasteiger partial charge in [-0.3, -0.25) is 14.4 Å². The Hall–Kier alpha value is -3.41. The van der Waals surface area contributed by atoms with Crippen molar-refractivity contribution in [3.63, 3.8) is 0 Å². The number of carboxylic acids is 1. The monoisotopic (exact) mass is 422 g/mol. The minimum atomic E-state index is -0.888. The Kier molecular flexibility index (Phi) is 7.98. The molecule has 0 amide bonds. The molecule has 1 aliphatic carbocycles. The quantitative estimate of drug-likeness (QED) is 0.429. The van der Waals surface area contributed by atoms with Crippen molar-refractivity contribution in [1.29, 1.82) is 0 Å². The second kappa shape index (κ2) is 11.1. The average Bonchev–Trinajstić information content (AvgIpc) is 2.77. The number of esters is 2. The van der Waals surface area contributed by atoms with Gasteiger partial charge in [-0.1, -0.05) is 48.6 Å². The first-order chi connectivity index (χ1) is 15.0. The van der Waals surface area contributed by atoms with E-state index in [1.165, 1.54) is 0 Å². The minimum absolute atomic E-state index is 0.230. The van der Waals surface area contributed by atoms with Crippen LogP contribution in [0.5, 0.6) is 11.5 Å². The van der Waals surface area contributed by atoms with Gasteiger partial charge in [-0.05, 0) is 56.4 Å². The number of carbonyl (C=O) groups excluding carboxylic acids is 2. The van der Waals surface area contributed by atoms with E-state index in [1.54, 1.807) is 60.7 Å². The molecule has 3 atom stereocenters. The smallest absolute Gasteiger partial charge is 0.314 e. The Balaban J connectivity index is 1.77. The van der Waals surface area contributed by atoms with E-state index < -0.39 is 35.7 Å². The number of allylic oxidation sites excluding steroid dienone is 2. The van der Waals surface area contributed by atoms with Crippen LogP contribution >= 0.6 is 0 Å². The zero-order valence-corrected chi connectivity index (χ0v) is 17.2. The predicted octanol–water partition coefficient (Wildman–Crippen LogP) is 4.65. The van der Waals surface area contributed by atoms with Crippen LogP contribution in [0, 0.1) is 17.8 Å². The number of carboxylic acid groups (broad SMARTS) is 1. The number of rotatable bonds is 5. The van der Waals surface area contributed by atoms with Crippen molar-refractivity contribution >= 4 is 17.9 Å². The summed E-state index contributed by atoms with van der Waals surface area (Å²) < 4.78 is 11.0. The van der Waals surface area contributed by atoms with Gasteiger partial charge in [-0.25, -0.2) is 0 Å². The molecule has 0 saturated carbocycles. The van der Waals surface area contributed by atoms with Crippen molar-refractivity contribution in [2.45, 2.75) is 32.1 Å². The van der Waals surface area contributed by atoms with E-state index >= 15 is 0 Å². The van der Waals surface area contributed by atoms with E-state index in [0.29, 0.717) is 37.2 Å². The van der Waals surface area contributed by atoms with E-state index in [-0.39, 0.29) is 6.42 Å². The number of benzene rings is 2. The van der Waals surface area contributed by atoms with E-state index in [9.17, 15) is 19.5 Å². The van der Waals surface area contributed by atoms with E-state index in [2.05, 4.69) is 0 Å². The zero-order valence-electron chi connectivity index (χ0n) is 17.2.